The number of aliphatic hydroxyl groups excluding tert-OH is 1. The van der Waals surface area contributed by atoms with E-state index in [1.807, 2.05) is 19.9 Å². The number of carbonyl (C=O) groups excluding carboxylic acids is 1. The first-order chi connectivity index (χ1) is 10.7. The van der Waals surface area contributed by atoms with E-state index in [9.17, 15) is 9.90 Å². The van der Waals surface area contributed by atoms with Crippen LogP contribution in [0.1, 0.15) is 67.2 Å². The zero-order valence-electron chi connectivity index (χ0n) is 15.5. The molecule has 0 spiro atoms. The van der Waals surface area contributed by atoms with Gasteiger partial charge in [-0.25, -0.2) is 4.79 Å². The van der Waals surface area contributed by atoms with E-state index in [1.54, 1.807) is 13.0 Å². The average Bonchev–Trinajstić information content (AvgIpc) is 2.50. The molecule has 3 nitrogen and oxygen atoms in total. The highest BCUT2D eigenvalue weighted by Crippen LogP contribution is 2.33. The molecule has 2 atom stereocenters. The highest BCUT2D eigenvalue weighted by atomic mass is 16.5. The van der Waals surface area contributed by atoms with Gasteiger partial charge in [-0.3, -0.25) is 0 Å². The van der Waals surface area contributed by atoms with Gasteiger partial charge in [0, 0.05) is 11.0 Å². The van der Waals surface area contributed by atoms with Crippen LogP contribution in [0.3, 0.4) is 0 Å². The van der Waals surface area contributed by atoms with Gasteiger partial charge in [-0.15, -0.1) is 0 Å². The van der Waals surface area contributed by atoms with E-state index >= 15 is 0 Å². The first-order valence-corrected chi connectivity index (χ1v) is 8.53. The number of carbonyl (C=O) groups is 1. The molecule has 0 aromatic carbocycles. The molecular formula is C20H32O3. The number of allylic oxidation sites excluding steroid dienone is 2. The number of rotatable bonds is 2. The van der Waals surface area contributed by atoms with Crippen molar-refractivity contribution < 1.29 is 14.6 Å². The second-order valence-corrected chi connectivity index (χ2v) is 7.35. The van der Waals surface area contributed by atoms with E-state index in [1.165, 1.54) is 5.57 Å². The van der Waals surface area contributed by atoms with E-state index in [4.69, 9.17) is 4.74 Å². The third-order valence-corrected chi connectivity index (χ3v) is 4.78. The van der Waals surface area contributed by atoms with Crippen LogP contribution in [0, 0.1) is 5.41 Å². The molecule has 0 aromatic rings. The van der Waals surface area contributed by atoms with Crippen LogP contribution in [0.25, 0.3) is 0 Å². The first kappa shape index (κ1) is 19.7. The summed E-state index contributed by atoms with van der Waals surface area (Å²) in [7, 11) is 0. The van der Waals surface area contributed by atoms with Crippen molar-refractivity contribution in [1.82, 2.24) is 0 Å². The summed E-state index contributed by atoms with van der Waals surface area (Å²) in [5.74, 6) is -0.284. The molecule has 0 unspecified atom stereocenters. The fourth-order valence-electron chi connectivity index (χ4n) is 2.66. The van der Waals surface area contributed by atoms with E-state index in [0.717, 1.165) is 24.8 Å². The Balaban J connectivity index is 3.09. The van der Waals surface area contributed by atoms with Crippen molar-refractivity contribution in [2.75, 3.05) is 0 Å². The minimum absolute atomic E-state index is 0.171. The number of ether oxygens (including phenoxy) is 1. The smallest absolute Gasteiger partial charge is 0.333 e. The summed E-state index contributed by atoms with van der Waals surface area (Å²) in [4.78, 5) is 12.2. The van der Waals surface area contributed by atoms with E-state index in [0.29, 0.717) is 12.0 Å². The summed E-state index contributed by atoms with van der Waals surface area (Å²) in [6.45, 7) is 11.9. The SMILES string of the molecule is C/C=C(\C)C(=O)O[C@@H]1/C=C(\C)[C@@H](O)C/C=C(\C)CCCC1(C)C. The highest BCUT2D eigenvalue weighted by molar-refractivity contribution is 5.87. The summed E-state index contributed by atoms with van der Waals surface area (Å²) in [5, 5.41) is 10.3. The molecule has 1 aliphatic carbocycles. The molecule has 23 heavy (non-hydrogen) atoms. The molecule has 1 N–H and O–H groups in total. The molecule has 130 valence electrons. The second-order valence-electron chi connectivity index (χ2n) is 7.35. The van der Waals surface area contributed by atoms with Gasteiger partial charge in [-0.2, -0.15) is 0 Å². The number of hydrogen-bond acceptors (Lipinski definition) is 3. The lowest BCUT2D eigenvalue weighted by Crippen LogP contribution is -2.33. The van der Waals surface area contributed by atoms with Gasteiger partial charge in [-0.1, -0.05) is 31.6 Å². The Morgan fingerprint density at radius 1 is 1.39 bits per heavy atom. The van der Waals surface area contributed by atoms with Crippen LogP contribution < -0.4 is 0 Å². The Morgan fingerprint density at radius 3 is 2.65 bits per heavy atom. The molecule has 0 radical (unpaired) electrons. The quantitative estimate of drug-likeness (QED) is 0.455. The Kier molecular flexibility index (Phi) is 7.27. The van der Waals surface area contributed by atoms with E-state index in [2.05, 4.69) is 26.8 Å². The molecule has 0 fully saturated rings. The summed E-state index contributed by atoms with van der Waals surface area (Å²) < 4.78 is 5.77. The van der Waals surface area contributed by atoms with Crippen molar-refractivity contribution in [2.45, 2.75) is 79.4 Å². The van der Waals surface area contributed by atoms with Crippen molar-refractivity contribution in [3.63, 3.8) is 0 Å². The van der Waals surface area contributed by atoms with Gasteiger partial charge in [-0.05, 0) is 65.0 Å². The third kappa shape index (κ3) is 5.98. The lowest BCUT2D eigenvalue weighted by Gasteiger charge is -2.33. The Bertz CT molecular complexity index is 509. The maximum atomic E-state index is 12.2. The molecular weight excluding hydrogens is 288 g/mol. The van der Waals surface area contributed by atoms with Gasteiger partial charge >= 0.3 is 5.97 Å². The maximum absolute atomic E-state index is 12.2. The molecule has 0 saturated carbocycles. The minimum Gasteiger partial charge on any atom is -0.454 e. The largest absolute Gasteiger partial charge is 0.454 e. The van der Waals surface area contributed by atoms with Crippen LogP contribution in [0.5, 0.6) is 0 Å². The molecule has 0 heterocycles. The lowest BCUT2D eigenvalue weighted by molar-refractivity contribution is -0.147. The van der Waals surface area contributed by atoms with Crippen LogP contribution in [0.15, 0.2) is 34.9 Å². The topological polar surface area (TPSA) is 46.5 Å². The average molecular weight is 320 g/mol. The molecule has 1 aliphatic rings. The molecule has 0 saturated heterocycles. The van der Waals surface area contributed by atoms with Gasteiger partial charge in [0.15, 0.2) is 0 Å². The fraction of sp³-hybridized carbons (Fsp3) is 0.650. The number of hydrogen-bond donors (Lipinski definition) is 1. The molecule has 0 amide bonds. The van der Waals surface area contributed by atoms with Crippen molar-refractivity contribution in [2.24, 2.45) is 5.41 Å². The molecule has 1 rings (SSSR count). The first-order valence-electron chi connectivity index (χ1n) is 8.53. The number of esters is 1. The maximum Gasteiger partial charge on any atom is 0.333 e. The van der Waals surface area contributed by atoms with Gasteiger partial charge in [0.2, 0.25) is 0 Å². The third-order valence-electron chi connectivity index (χ3n) is 4.78. The van der Waals surface area contributed by atoms with Gasteiger partial charge in [0.25, 0.3) is 0 Å². The monoisotopic (exact) mass is 320 g/mol. The van der Waals surface area contributed by atoms with E-state index < -0.39 is 6.10 Å². The number of aliphatic hydroxyl groups is 1. The fourth-order valence-corrected chi connectivity index (χ4v) is 2.66. The van der Waals surface area contributed by atoms with E-state index in [-0.39, 0.29) is 17.5 Å². The minimum atomic E-state index is -0.525. The standard InChI is InChI=1S/C20H32O3/c1-7-15(3)19(22)23-18-13-16(4)17(21)11-10-14(2)9-8-12-20(18,5)6/h7,10,13,17-18,21H,8-9,11-12H2,1-6H3/b14-10+,15-7+,16-13+/t17-,18+/m0/s1. The van der Waals surface area contributed by atoms with Crippen LogP contribution in [-0.2, 0) is 9.53 Å². The Hall–Kier alpha value is -1.35. The predicted molar refractivity (Wildman–Crippen MR) is 95.1 cm³/mol. The zero-order chi connectivity index (χ0) is 17.6. The molecule has 0 bridgehead atoms. The lowest BCUT2D eigenvalue weighted by atomic mass is 9.80. The van der Waals surface area contributed by atoms with Crippen molar-refractivity contribution in [3.05, 3.63) is 34.9 Å². The van der Waals surface area contributed by atoms with Crippen LogP contribution in [-0.4, -0.2) is 23.3 Å². The molecule has 0 aliphatic heterocycles. The predicted octanol–water partition coefficient (Wildman–Crippen LogP) is 4.72. The van der Waals surface area contributed by atoms with Crippen molar-refractivity contribution in [3.8, 4) is 0 Å². The van der Waals surface area contributed by atoms with Gasteiger partial charge in [0.05, 0.1) is 6.10 Å². The molecule has 0 aromatic heterocycles. The highest BCUT2D eigenvalue weighted by Gasteiger charge is 2.32. The van der Waals surface area contributed by atoms with Gasteiger partial charge in [0.1, 0.15) is 6.10 Å². The summed E-state index contributed by atoms with van der Waals surface area (Å²) >= 11 is 0. The van der Waals surface area contributed by atoms with Gasteiger partial charge < -0.3 is 9.84 Å². The zero-order valence-corrected chi connectivity index (χ0v) is 15.5. The van der Waals surface area contributed by atoms with Crippen molar-refractivity contribution in [1.29, 1.82) is 0 Å². The Labute approximate surface area is 141 Å². The summed E-state index contributed by atoms with van der Waals surface area (Å²) in [6.07, 6.45) is 8.60. The summed E-state index contributed by atoms with van der Waals surface area (Å²) in [5.41, 5.74) is 2.61. The summed E-state index contributed by atoms with van der Waals surface area (Å²) in [6, 6.07) is 0. The molecule has 3 heteroatoms. The Morgan fingerprint density at radius 2 is 2.04 bits per heavy atom. The normalized spacial score (nSPS) is 31.2. The second kappa shape index (κ2) is 8.49. The van der Waals surface area contributed by atoms with Crippen LogP contribution in [0.2, 0.25) is 0 Å². The van der Waals surface area contributed by atoms with Crippen molar-refractivity contribution >= 4 is 5.97 Å². The van der Waals surface area contributed by atoms with Crippen LogP contribution >= 0.6 is 0 Å². The van der Waals surface area contributed by atoms with Crippen LogP contribution in [0.4, 0.5) is 0 Å².